The standard InChI is InChI=1S/C28H33NO.C6H8O2/c1-2-3-4-9-19-29-27(24-14-10-15-24)21-30-28-20-25-13-6-5-11-22(25)17-18-23-12-7-8-16-26(23)28;1-5(7)3-4-6(2)8/h5-8,11-13,16,28-29H,2-4,9-10,14-15,19-21H2,1H3;3-4H,1-2H3/b;4-3-. The normalized spacial score (nSPS) is 15.3. The summed E-state index contributed by atoms with van der Waals surface area (Å²) in [4.78, 5) is 20.2. The predicted molar refractivity (Wildman–Crippen MR) is 155 cm³/mol. The van der Waals surface area contributed by atoms with Crippen molar-refractivity contribution in [3.8, 4) is 11.8 Å². The molecule has 0 radical (unpaired) electrons. The lowest BCUT2D eigenvalue weighted by Crippen LogP contribution is -2.24. The number of benzene rings is 2. The molecule has 1 unspecified atom stereocenters. The second-order valence-corrected chi connectivity index (χ2v) is 9.98. The zero-order valence-corrected chi connectivity index (χ0v) is 23.1. The number of carbonyl (C=O) groups is 2. The summed E-state index contributed by atoms with van der Waals surface area (Å²) in [6.45, 7) is 6.78. The zero-order chi connectivity index (χ0) is 27.2. The van der Waals surface area contributed by atoms with E-state index in [0.717, 1.165) is 24.1 Å². The van der Waals surface area contributed by atoms with E-state index >= 15 is 0 Å². The van der Waals surface area contributed by atoms with Crippen molar-refractivity contribution in [3.05, 3.63) is 94.2 Å². The highest BCUT2D eigenvalue weighted by atomic mass is 16.5. The van der Waals surface area contributed by atoms with Crippen LogP contribution in [0.3, 0.4) is 0 Å². The first-order valence-electron chi connectivity index (χ1n) is 13.9. The summed E-state index contributed by atoms with van der Waals surface area (Å²) in [6, 6.07) is 16.9. The van der Waals surface area contributed by atoms with Crippen molar-refractivity contribution in [2.45, 2.75) is 78.2 Å². The summed E-state index contributed by atoms with van der Waals surface area (Å²) >= 11 is 0. The third-order valence-electron chi connectivity index (χ3n) is 6.80. The minimum absolute atomic E-state index is 0.0227. The molecule has 1 fully saturated rings. The summed E-state index contributed by atoms with van der Waals surface area (Å²) in [5.41, 5.74) is 7.58. The number of hydrogen-bond acceptors (Lipinski definition) is 4. The Balaban J connectivity index is 0.000000436. The number of allylic oxidation sites excluding steroid dienone is 3. The third kappa shape index (κ3) is 9.47. The lowest BCUT2D eigenvalue weighted by Gasteiger charge is -2.27. The summed E-state index contributed by atoms with van der Waals surface area (Å²) in [5, 5.41) is 3.72. The highest BCUT2D eigenvalue weighted by molar-refractivity contribution is 5.96. The van der Waals surface area contributed by atoms with E-state index in [4.69, 9.17) is 4.74 Å². The Morgan fingerprint density at radius 1 is 0.921 bits per heavy atom. The quantitative estimate of drug-likeness (QED) is 0.200. The Kier molecular flexibility index (Phi) is 12.1. The molecule has 1 N–H and O–H groups in total. The van der Waals surface area contributed by atoms with Gasteiger partial charge in [0.1, 0.15) is 0 Å². The number of fused-ring (bicyclic) bond motifs is 2. The first-order valence-corrected chi connectivity index (χ1v) is 13.9. The van der Waals surface area contributed by atoms with E-state index in [9.17, 15) is 9.59 Å². The van der Waals surface area contributed by atoms with E-state index in [1.165, 1.54) is 87.8 Å². The van der Waals surface area contributed by atoms with Gasteiger partial charge in [0.15, 0.2) is 11.6 Å². The van der Waals surface area contributed by atoms with E-state index in [0.29, 0.717) is 6.61 Å². The van der Waals surface area contributed by atoms with Gasteiger partial charge < -0.3 is 10.1 Å². The topological polar surface area (TPSA) is 55.4 Å². The van der Waals surface area contributed by atoms with E-state index in [1.54, 1.807) is 5.57 Å². The first-order chi connectivity index (χ1) is 18.5. The molecule has 4 nitrogen and oxygen atoms in total. The van der Waals surface area contributed by atoms with Crippen LogP contribution < -0.4 is 5.32 Å². The molecule has 38 heavy (non-hydrogen) atoms. The van der Waals surface area contributed by atoms with Crippen LogP contribution in [0, 0.1) is 11.8 Å². The van der Waals surface area contributed by atoms with E-state index in [-0.39, 0.29) is 17.7 Å². The molecule has 0 aromatic heterocycles. The van der Waals surface area contributed by atoms with Gasteiger partial charge in [-0.3, -0.25) is 9.59 Å². The molecular formula is C34H41NO3. The monoisotopic (exact) mass is 511 g/mol. The van der Waals surface area contributed by atoms with Crippen molar-refractivity contribution in [2.75, 3.05) is 13.2 Å². The Labute approximate surface area is 228 Å². The average molecular weight is 512 g/mol. The molecule has 2 aliphatic carbocycles. The number of carbonyl (C=O) groups excluding carboxylic acids is 2. The third-order valence-corrected chi connectivity index (χ3v) is 6.80. The van der Waals surface area contributed by atoms with E-state index < -0.39 is 0 Å². The van der Waals surface area contributed by atoms with Crippen molar-refractivity contribution < 1.29 is 14.3 Å². The van der Waals surface area contributed by atoms with Crippen molar-refractivity contribution >= 4 is 11.6 Å². The molecular weight excluding hydrogens is 470 g/mol. The van der Waals surface area contributed by atoms with Gasteiger partial charge in [0.2, 0.25) is 0 Å². The van der Waals surface area contributed by atoms with Crippen molar-refractivity contribution in [1.82, 2.24) is 5.32 Å². The van der Waals surface area contributed by atoms with Gasteiger partial charge in [0.05, 0.1) is 12.7 Å². The van der Waals surface area contributed by atoms with Crippen LogP contribution in [0.2, 0.25) is 0 Å². The second-order valence-electron chi connectivity index (χ2n) is 9.98. The van der Waals surface area contributed by atoms with Crippen LogP contribution in [0.15, 0.2) is 72.0 Å². The lowest BCUT2D eigenvalue weighted by atomic mass is 9.90. The minimum Gasteiger partial charge on any atom is -0.386 e. The fraction of sp³-hybridized carbons (Fsp3) is 0.412. The molecule has 0 heterocycles. The second kappa shape index (κ2) is 15.7. The first kappa shape index (κ1) is 29.1. The smallest absolute Gasteiger partial charge is 0.152 e. The Morgan fingerprint density at radius 3 is 2.24 bits per heavy atom. The number of ether oxygens (including phenoxy) is 1. The summed E-state index contributed by atoms with van der Waals surface area (Å²) < 4.78 is 6.61. The van der Waals surface area contributed by atoms with Gasteiger partial charge in [-0.25, -0.2) is 0 Å². The van der Waals surface area contributed by atoms with Gasteiger partial charge in [0, 0.05) is 29.8 Å². The zero-order valence-electron chi connectivity index (χ0n) is 23.1. The van der Waals surface area contributed by atoms with Crippen LogP contribution in [-0.2, 0) is 20.7 Å². The van der Waals surface area contributed by atoms with E-state index in [2.05, 4.69) is 72.6 Å². The fourth-order valence-corrected chi connectivity index (χ4v) is 4.45. The van der Waals surface area contributed by atoms with Gasteiger partial charge in [-0.2, -0.15) is 0 Å². The molecule has 4 heteroatoms. The molecule has 1 saturated carbocycles. The number of hydrogen-bond donors (Lipinski definition) is 1. The molecule has 0 spiro atoms. The number of ketones is 2. The number of nitrogens with one attached hydrogen (secondary N) is 1. The van der Waals surface area contributed by atoms with Crippen LogP contribution >= 0.6 is 0 Å². The van der Waals surface area contributed by atoms with Gasteiger partial charge in [-0.1, -0.05) is 74.4 Å². The molecule has 0 aliphatic heterocycles. The van der Waals surface area contributed by atoms with Crippen LogP contribution in [0.25, 0.3) is 0 Å². The molecule has 0 amide bonds. The molecule has 2 aliphatic rings. The minimum atomic E-state index is -0.0970. The molecule has 2 aromatic rings. The van der Waals surface area contributed by atoms with Crippen LogP contribution in [-0.4, -0.2) is 24.7 Å². The van der Waals surface area contributed by atoms with Gasteiger partial charge in [-0.15, -0.1) is 0 Å². The molecule has 200 valence electrons. The summed E-state index contributed by atoms with van der Waals surface area (Å²) in [7, 11) is 0. The number of rotatable bonds is 11. The SMILES string of the molecule is CC(=O)/C=C\C(C)=O.CCCCCCNC(COC1Cc2ccccc2C#Cc2ccccc21)=C1CCC1. The van der Waals surface area contributed by atoms with Crippen molar-refractivity contribution in [1.29, 1.82) is 0 Å². The number of unbranched alkanes of at least 4 members (excludes halogenated alkanes) is 3. The molecule has 0 bridgehead atoms. The average Bonchev–Trinajstić information content (AvgIpc) is 2.87. The predicted octanol–water partition coefficient (Wildman–Crippen LogP) is 7.03. The van der Waals surface area contributed by atoms with Crippen LogP contribution in [0.5, 0.6) is 0 Å². The largest absolute Gasteiger partial charge is 0.386 e. The van der Waals surface area contributed by atoms with Gasteiger partial charge >= 0.3 is 0 Å². The summed E-state index contributed by atoms with van der Waals surface area (Å²) in [5.74, 6) is 6.55. The molecule has 2 aromatic carbocycles. The maximum atomic E-state index is 10.1. The Bertz CT molecular complexity index is 1190. The van der Waals surface area contributed by atoms with Crippen LogP contribution in [0.1, 0.15) is 94.1 Å². The van der Waals surface area contributed by atoms with Crippen LogP contribution in [0.4, 0.5) is 0 Å². The Hall–Kier alpha value is -3.42. The highest BCUT2D eigenvalue weighted by Crippen LogP contribution is 2.31. The van der Waals surface area contributed by atoms with E-state index in [1.807, 2.05) is 0 Å². The maximum absolute atomic E-state index is 10.1. The molecule has 0 saturated heterocycles. The molecule has 4 rings (SSSR count). The Morgan fingerprint density at radius 2 is 1.58 bits per heavy atom. The van der Waals surface area contributed by atoms with Crippen molar-refractivity contribution in [2.24, 2.45) is 0 Å². The summed E-state index contributed by atoms with van der Waals surface area (Å²) in [6.07, 6.45) is 12.3. The van der Waals surface area contributed by atoms with Crippen molar-refractivity contribution in [3.63, 3.8) is 0 Å². The lowest BCUT2D eigenvalue weighted by molar-refractivity contribution is -0.114. The fourth-order valence-electron chi connectivity index (χ4n) is 4.45. The van der Waals surface area contributed by atoms with Gasteiger partial charge in [-0.05, 0) is 80.5 Å². The highest BCUT2D eigenvalue weighted by Gasteiger charge is 2.21. The molecule has 1 atom stereocenters. The van der Waals surface area contributed by atoms with Gasteiger partial charge in [0.25, 0.3) is 0 Å². The maximum Gasteiger partial charge on any atom is 0.152 e.